The second-order valence-electron chi connectivity index (χ2n) is 7.92. The molecule has 0 aliphatic heterocycles. The summed E-state index contributed by atoms with van der Waals surface area (Å²) >= 11 is 5.60. The van der Waals surface area contributed by atoms with Gasteiger partial charge in [0, 0.05) is 23.2 Å². The van der Waals surface area contributed by atoms with Crippen LogP contribution in [0.3, 0.4) is 0 Å². The van der Waals surface area contributed by atoms with Crippen molar-refractivity contribution in [1.29, 1.82) is 0 Å². The molecule has 3 aliphatic carbocycles. The van der Waals surface area contributed by atoms with Gasteiger partial charge >= 0.3 is 0 Å². The van der Waals surface area contributed by atoms with E-state index in [9.17, 15) is 22.8 Å². The van der Waals surface area contributed by atoms with E-state index in [1.807, 2.05) is 0 Å². The summed E-state index contributed by atoms with van der Waals surface area (Å²) in [7, 11) is 0. The largest absolute Gasteiger partial charge is 0.484 e. The first-order valence-electron chi connectivity index (χ1n) is 9.45. The Bertz CT molecular complexity index is 950. The average molecular weight is 455 g/mol. The van der Waals surface area contributed by atoms with Crippen molar-refractivity contribution in [3.63, 3.8) is 0 Å². The average Bonchev–Trinajstić information content (AvgIpc) is 2.67. The molecule has 0 heterocycles. The maximum atomic E-state index is 13.4. The number of carbonyl (C=O) groups excluding carboxylic acids is 2. The van der Waals surface area contributed by atoms with Crippen LogP contribution in [0.15, 0.2) is 36.4 Å². The Morgan fingerprint density at radius 2 is 1.29 bits per heavy atom. The highest BCUT2D eigenvalue weighted by molar-refractivity contribution is 6.30. The number of nitrogens with one attached hydrogen (secondary N) is 2. The summed E-state index contributed by atoms with van der Waals surface area (Å²) in [6, 6.07) is 6.93. The molecule has 6 nitrogen and oxygen atoms in total. The van der Waals surface area contributed by atoms with E-state index in [0.717, 1.165) is 18.2 Å². The molecule has 3 aliphatic rings. The van der Waals surface area contributed by atoms with Crippen molar-refractivity contribution in [2.24, 2.45) is 0 Å². The van der Waals surface area contributed by atoms with Gasteiger partial charge in [0.05, 0.1) is 5.02 Å². The fourth-order valence-corrected chi connectivity index (χ4v) is 4.27. The van der Waals surface area contributed by atoms with Crippen molar-refractivity contribution in [2.45, 2.75) is 30.3 Å². The van der Waals surface area contributed by atoms with E-state index in [-0.39, 0.29) is 41.2 Å². The van der Waals surface area contributed by atoms with Crippen molar-refractivity contribution >= 4 is 23.4 Å². The van der Waals surface area contributed by atoms with Gasteiger partial charge in [0.2, 0.25) is 0 Å². The van der Waals surface area contributed by atoms with Crippen molar-refractivity contribution in [3.05, 3.63) is 58.9 Å². The zero-order valence-corrected chi connectivity index (χ0v) is 16.9. The van der Waals surface area contributed by atoms with Crippen LogP contribution < -0.4 is 20.1 Å². The molecule has 31 heavy (non-hydrogen) atoms. The molecule has 2 bridgehead atoms. The number of carbonyl (C=O) groups is 2. The summed E-state index contributed by atoms with van der Waals surface area (Å²) in [4.78, 5) is 24.2. The second-order valence-corrected chi connectivity index (χ2v) is 8.32. The highest BCUT2D eigenvalue weighted by atomic mass is 35.5. The molecule has 0 unspecified atom stereocenters. The van der Waals surface area contributed by atoms with Gasteiger partial charge in [0.25, 0.3) is 11.8 Å². The normalized spacial score (nSPS) is 23.2. The number of hydrogen-bond donors (Lipinski definition) is 2. The van der Waals surface area contributed by atoms with Crippen LogP contribution in [0, 0.1) is 17.5 Å². The quantitative estimate of drug-likeness (QED) is 0.642. The first-order valence-corrected chi connectivity index (χ1v) is 9.83. The third kappa shape index (κ3) is 4.56. The van der Waals surface area contributed by atoms with Crippen molar-refractivity contribution < 1.29 is 32.2 Å². The fraction of sp³-hybridized carbons (Fsp3) is 0.333. The summed E-state index contributed by atoms with van der Waals surface area (Å²) in [5.41, 5.74) is -0.790. The molecule has 10 heteroatoms. The maximum Gasteiger partial charge on any atom is 0.258 e. The van der Waals surface area contributed by atoms with E-state index in [0.29, 0.717) is 19.3 Å². The topological polar surface area (TPSA) is 76.7 Å². The first-order chi connectivity index (χ1) is 14.7. The number of ether oxygens (including phenoxy) is 2. The molecule has 2 amide bonds. The van der Waals surface area contributed by atoms with Gasteiger partial charge in [-0.3, -0.25) is 9.59 Å². The molecule has 0 aromatic heterocycles. The molecule has 3 fully saturated rings. The van der Waals surface area contributed by atoms with Gasteiger partial charge < -0.3 is 20.1 Å². The Morgan fingerprint density at radius 3 is 1.77 bits per heavy atom. The summed E-state index contributed by atoms with van der Waals surface area (Å²) in [5, 5.41) is 5.70. The van der Waals surface area contributed by atoms with Crippen LogP contribution >= 0.6 is 11.6 Å². The smallest absolute Gasteiger partial charge is 0.258 e. The van der Waals surface area contributed by atoms with Crippen LogP contribution in [0.2, 0.25) is 5.02 Å². The van der Waals surface area contributed by atoms with Crippen LogP contribution in [0.25, 0.3) is 0 Å². The van der Waals surface area contributed by atoms with Crippen LogP contribution in [-0.2, 0) is 9.59 Å². The van der Waals surface area contributed by atoms with Gasteiger partial charge in [-0.15, -0.1) is 0 Å². The Labute approximate surface area is 180 Å². The van der Waals surface area contributed by atoms with E-state index < -0.39 is 28.9 Å². The molecular formula is C21H18ClF3N2O4. The van der Waals surface area contributed by atoms with Crippen molar-refractivity contribution in [2.75, 3.05) is 13.2 Å². The van der Waals surface area contributed by atoms with Gasteiger partial charge in [0.1, 0.15) is 17.3 Å². The molecule has 164 valence electrons. The standard InChI is InChI=1S/C21H18ClF3N2O4/c22-14-3-1-12(5-16(14)24)30-7-18(28)26-20-9-21(10-20,11-20)27-19(29)8-31-13-2-4-15(23)17(25)6-13/h1-6H,7-11H2,(H,26,28)(H,27,29). The summed E-state index contributed by atoms with van der Waals surface area (Å²) in [6.07, 6.45) is 1.70. The lowest BCUT2D eigenvalue weighted by Crippen LogP contribution is -2.84. The molecule has 5 rings (SSSR count). The van der Waals surface area contributed by atoms with Gasteiger partial charge in [0.15, 0.2) is 24.8 Å². The van der Waals surface area contributed by atoms with Crippen LogP contribution in [0.1, 0.15) is 19.3 Å². The Kier molecular flexibility index (Phi) is 5.47. The van der Waals surface area contributed by atoms with Gasteiger partial charge in [-0.25, -0.2) is 13.2 Å². The fourth-order valence-electron chi connectivity index (χ4n) is 4.15. The van der Waals surface area contributed by atoms with Gasteiger partial charge in [-0.2, -0.15) is 0 Å². The third-order valence-electron chi connectivity index (χ3n) is 5.36. The lowest BCUT2D eigenvalue weighted by Gasteiger charge is -2.70. The lowest BCUT2D eigenvalue weighted by molar-refractivity contribution is -0.151. The third-order valence-corrected chi connectivity index (χ3v) is 5.67. The Hall–Kier alpha value is -2.94. The van der Waals surface area contributed by atoms with E-state index in [2.05, 4.69) is 10.6 Å². The number of halogens is 4. The van der Waals surface area contributed by atoms with E-state index >= 15 is 0 Å². The zero-order valence-electron chi connectivity index (χ0n) is 16.1. The van der Waals surface area contributed by atoms with Crippen LogP contribution in [-0.4, -0.2) is 36.1 Å². The zero-order chi connectivity index (χ0) is 22.2. The minimum atomic E-state index is -1.06. The predicted molar refractivity (Wildman–Crippen MR) is 104 cm³/mol. The van der Waals surface area contributed by atoms with Gasteiger partial charge in [-0.05, 0) is 43.5 Å². The molecule has 2 N–H and O–H groups in total. The highest BCUT2D eigenvalue weighted by Crippen LogP contribution is 2.60. The van der Waals surface area contributed by atoms with Crippen molar-refractivity contribution in [3.8, 4) is 11.5 Å². The number of hydrogen-bond acceptors (Lipinski definition) is 4. The monoisotopic (exact) mass is 454 g/mol. The maximum absolute atomic E-state index is 13.4. The van der Waals surface area contributed by atoms with E-state index in [4.69, 9.17) is 21.1 Å². The predicted octanol–water partition coefficient (Wildman–Crippen LogP) is 3.12. The minimum Gasteiger partial charge on any atom is -0.484 e. The molecule has 0 saturated heterocycles. The van der Waals surface area contributed by atoms with E-state index in [1.165, 1.54) is 18.2 Å². The van der Waals surface area contributed by atoms with Crippen LogP contribution in [0.4, 0.5) is 13.2 Å². The molecule has 0 radical (unpaired) electrons. The number of benzene rings is 2. The second kappa shape index (κ2) is 7.96. The Morgan fingerprint density at radius 1 is 0.806 bits per heavy atom. The summed E-state index contributed by atoms with van der Waals surface area (Å²) in [6.45, 7) is -0.609. The molecular weight excluding hydrogens is 437 g/mol. The SMILES string of the molecule is O=C(COc1ccc(F)c(F)c1)NC12CC(NC(=O)COc3ccc(Cl)c(F)c3)(C1)C2. The molecule has 0 atom stereocenters. The Balaban J connectivity index is 1.17. The number of rotatable bonds is 8. The number of amides is 2. The van der Waals surface area contributed by atoms with E-state index in [1.54, 1.807) is 0 Å². The lowest BCUT2D eigenvalue weighted by atomic mass is 9.44. The molecule has 2 aromatic carbocycles. The molecule has 0 spiro atoms. The summed E-state index contributed by atoms with van der Waals surface area (Å²) < 4.78 is 49.9. The molecule has 2 aromatic rings. The minimum absolute atomic E-state index is 0.0340. The summed E-state index contributed by atoms with van der Waals surface area (Å²) in [5.74, 6) is -3.18. The highest BCUT2D eigenvalue weighted by Gasteiger charge is 2.69. The van der Waals surface area contributed by atoms with Crippen molar-refractivity contribution in [1.82, 2.24) is 10.6 Å². The first kappa shape index (κ1) is 21.3. The van der Waals surface area contributed by atoms with Crippen LogP contribution in [0.5, 0.6) is 11.5 Å². The van der Waals surface area contributed by atoms with Gasteiger partial charge in [-0.1, -0.05) is 11.6 Å². The molecule has 3 saturated carbocycles.